The average molecular weight is 364 g/mol. The van der Waals surface area contributed by atoms with E-state index in [1.54, 1.807) is 0 Å². The lowest BCUT2D eigenvalue weighted by Crippen LogP contribution is -2.14. The molecule has 5 heteroatoms. The van der Waals surface area contributed by atoms with Crippen LogP contribution < -0.4 is 5.32 Å². The number of rotatable bonds is 6. The van der Waals surface area contributed by atoms with Crippen molar-refractivity contribution in [3.63, 3.8) is 0 Å². The molecule has 0 aliphatic heterocycles. The second-order valence-corrected chi connectivity index (χ2v) is 7.18. The van der Waals surface area contributed by atoms with E-state index in [0.29, 0.717) is 22.1 Å². The van der Waals surface area contributed by atoms with Crippen molar-refractivity contribution in [3.8, 4) is 11.3 Å². The van der Waals surface area contributed by atoms with Crippen LogP contribution in [0.5, 0.6) is 0 Å². The predicted molar refractivity (Wildman–Crippen MR) is 106 cm³/mol. The number of amides is 1. The summed E-state index contributed by atoms with van der Waals surface area (Å²) in [5.74, 6) is -0.0543. The molecule has 0 aliphatic carbocycles. The molecule has 0 fully saturated rings. The zero-order chi connectivity index (χ0) is 18.5. The molecule has 0 unspecified atom stereocenters. The third-order valence-electron chi connectivity index (χ3n) is 4.10. The molecule has 0 radical (unpaired) electrons. The van der Waals surface area contributed by atoms with Crippen LogP contribution >= 0.6 is 11.3 Å². The Morgan fingerprint density at radius 1 is 1.04 bits per heavy atom. The maximum atomic E-state index is 12.4. The van der Waals surface area contributed by atoms with Gasteiger partial charge in [-0.25, -0.2) is 4.98 Å². The fourth-order valence-corrected chi connectivity index (χ4v) is 3.65. The Hall–Kier alpha value is -2.79. The van der Waals surface area contributed by atoms with Crippen LogP contribution in [0.1, 0.15) is 41.4 Å². The van der Waals surface area contributed by atoms with Crippen LogP contribution in [0.25, 0.3) is 11.3 Å². The van der Waals surface area contributed by atoms with Crippen molar-refractivity contribution in [2.75, 3.05) is 5.32 Å². The van der Waals surface area contributed by atoms with Crippen molar-refractivity contribution in [1.82, 2.24) is 4.98 Å². The van der Waals surface area contributed by atoms with Crippen LogP contribution in [-0.2, 0) is 4.79 Å². The molecule has 0 aliphatic rings. The largest absolute Gasteiger partial charge is 0.302 e. The number of carbonyl (C=O) groups is 2. The molecule has 4 nitrogen and oxygen atoms in total. The Morgan fingerprint density at radius 3 is 2.27 bits per heavy atom. The third-order valence-corrected chi connectivity index (χ3v) is 5.17. The summed E-state index contributed by atoms with van der Waals surface area (Å²) in [6, 6.07) is 19.5. The van der Waals surface area contributed by atoms with Gasteiger partial charge in [0.2, 0.25) is 5.91 Å². The maximum Gasteiger partial charge on any atom is 0.226 e. The van der Waals surface area contributed by atoms with E-state index in [-0.39, 0.29) is 17.6 Å². The van der Waals surface area contributed by atoms with Gasteiger partial charge in [0.05, 0.1) is 10.6 Å². The number of aromatic nitrogens is 1. The van der Waals surface area contributed by atoms with E-state index in [9.17, 15) is 9.59 Å². The molecule has 26 heavy (non-hydrogen) atoms. The van der Waals surface area contributed by atoms with Crippen LogP contribution in [0.2, 0.25) is 0 Å². The molecule has 1 N–H and O–H groups in total. The first kappa shape index (κ1) is 18.0. The molecule has 0 saturated carbocycles. The summed E-state index contributed by atoms with van der Waals surface area (Å²) in [6.45, 7) is 3.54. The first-order valence-corrected chi connectivity index (χ1v) is 9.28. The van der Waals surface area contributed by atoms with Gasteiger partial charge >= 0.3 is 0 Å². The van der Waals surface area contributed by atoms with Crippen LogP contribution in [0.3, 0.4) is 0 Å². The van der Waals surface area contributed by atoms with Crippen molar-refractivity contribution in [1.29, 1.82) is 0 Å². The maximum absolute atomic E-state index is 12.4. The molecule has 1 amide bonds. The summed E-state index contributed by atoms with van der Waals surface area (Å²) >= 11 is 1.22. The molecular weight excluding hydrogens is 344 g/mol. The van der Waals surface area contributed by atoms with Gasteiger partial charge < -0.3 is 5.32 Å². The van der Waals surface area contributed by atoms with Gasteiger partial charge in [0.25, 0.3) is 0 Å². The van der Waals surface area contributed by atoms with Gasteiger partial charge in [0.15, 0.2) is 10.9 Å². The van der Waals surface area contributed by atoms with Gasteiger partial charge in [0.1, 0.15) is 0 Å². The highest BCUT2D eigenvalue weighted by atomic mass is 32.1. The number of benzene rings is 2. The SMILES string of the molecule is CC(=O)c1sc(NC(=O)C[C@H](C)c2ccccc2)nc1-c1ccccc1. The van der Waals surface area contributed by atoms with Crippen LogP contribution in [0.15, 0.2) is 60.7 Å². The quantitative estimate of drug-likeness (QED) is 0.616. The summed E-state index contributed by atoms with van der Waals surface area (Å²) in [5.41, 5.74) is 2.61. The van der Waals surface area contributed by atoms with E-state index in [4.69, 9.17) is 0 Å². The highest BCUT2D eigenvalue weighted by Gasteiger charge is 2.18. The number of hydrogen-bond donors (Lipinski definition) is 1. The van der Waals surface area contributed by atoms with E-state index >= 15 is 0 Å². The number of thiazole rings is 1. The van der Waals surface area contributed by atoms with Crippen LogP contribution in [-0.4, -0.2) is 16.7 Å². The Kier molecular flexibility index (Phi) is 5.58. The summed E-state index contributed by atoms with van der Waals surface area (Å²) in [7, 11) is 0. The lowest BCUT2D eigenvalue weighted by atomic mass is 9.98. The van der Waals surface area contributed by atoms with E-state index in [0.717, 1.165) is 11.1 Å². The zero-order valence-corrected chi connectivity index (χ0v) is 15.5. The van der Waals surface area contributed by atoms with Gasteiger partial charge in [-0.1, -0.05) is 78.9 Å². The first-order chi connectivity index (χ1) is 12.5. The van der Waals surface area contributed by atoms with Crippen molar-refractivity contribution in [2.24, 2.45) is 0 Å². The lowest BCUT2D eigenvalue weighted by Gasteiger charge is -2.10. The molecule has 0 spiro atoms. The fraction of sp³-hybridized carbons (Fsp3) is 0.190. The summed E-state index contributed by atoms with van der Waals surface area (Å²) in [6.07, 6.45) is 0.361. The van der Waals surface area contributed by atoms with Crippen molar-refractivity contribution >= 4 is 28.2 Å². The van der Waals surface area contributed by atoms with Crippen molar-refractivity contribution < 1.29 is 9.59 Å². The monoisotopic (exact) mass is 364 g/mol. The minimum absolute atomic E-state index is 0.0560. The normalized spacial score (nSPS) is 11.8. The first-order valence-electron chi connectivity index (χ1n) is 8.46. The number of nitrogens with one attached hydrogen (secondary N) is 1. The second-order valence-electron chi connectivity index (χ2n) is 6.18. The molecule has 2 aromatic carbocycles. The van der Waals surface area contributed by atoms with E-state index in [1.807, 2.05) is 67.6 Å². The number of hydrogen-bond acceptors (Lipinski definition) is 4. The van der Waals surface area contributed by atoms with Gasteiger partial charge in [-0.2, -0.15) is 0 Å². The van der Waals surface area contributed by atoms with Gasteiger partial charge in [-0.3, -0.25) is 9.59 Å². The Morgan fingerprint density at radius 2 is 1.65 bits per heavy atom. The van der Waals surface area contributed by atoms with Crippen molar-refractivity contribution in [2.45, 2.75) is 26.2 Å². The highest BCUT2D eigenvalue weighted by molar-refractivity contribution is 7.18. The summed E-state index contributed by atoms with van der Waals surface area (Å²) in [5, 5.41) is 3.30. The molecular formula is C21H20N2O2S. The average Bonchev–Trinajstić information content (AvgIpc) is 3.07. The Balaban J connectivity index is 1.76. The molecule has 3 aromatic rings. The smallest absolute Gasteiger partial charge is 0.226 e. The van der Waals surface area contributed by atoms with Gasteiger partial charge in [-0.05, 0) is 11.5 Å². The number of nitrogens with zero attached hydrogens (tertiary/aromatic N) is 1. The zero-order valence-electron chi connectivity index (χ0n) is 14.7. The molecule has 1 heterocycles. The Labute approximate surface area is 156 Å². The number of anilines is 1. The lowest BCUT2D eigenvalue weighted by molar-refractivity contribution is -0.116. The van der Waals surface area contributed by atoms with Crippen LogP contribution in [0.4, 0.5) is 5.13 Å². The van der Waals surface area contributed by atoms with Crippen molar-refractivity contribution in [3.05, 3.63) is 71.1 Å². The third kappa shape index (κ3) is 4.24. The van der Waals surface area contributed by atoms with Gasteiger partial charge in [-0.15, -0.1) is 0 Å². The van der Waals surface area contributed by atoms with E-state index in [2.05, 4.69) is 10.3 Å². The highest BCUT2D eigenvalue weighted by Crippen LogP contribution is 2.32. The number of ketones is 1. The number of carbonyl (C=O) groups excluding carboxylic acids is 2. The molecule has 0 saturated heterocycles. The topological polar surface area (TPSA) is 59.1 Å². The summed E-state index contributed by atoms with van der Waals surface area (Å²) < 4.78 is 0. The molecule has 3 rings (SSSR count). The summed E-state index contributed by atoms with van der Waals surface area (Å²) in [4.78, 5) is 29.4. The van der Waals surface area contributed by atoms with Gasteiger partial charge in [0, 0.05) is 18.9 Å². The second kappa shape index (κ2) is 8.06. The molecule has 1 aromatic heterocycles. The standard InChI is InChI=1S/C21H20N2O2S/c1-14(16-9-5-3-6-10-16)13-18(25)22-21-23-19(20(26-21)15(2)24)17-11-7-4-8-12-17/h3-12,14H,13H2,1-2H3,(H,22,23,25)/t14-/m0/s1. The molecule has 1 atom stereocenters. The van der Waals surface area contributed by atoms with Crippen LogP contribution in [0, 0.1) is 0 Å². The minimum atomic E-state index is -0.107. The van der Waals surface area contributed by atoms with E-state index in [1.165, 1.54) is 18.3 Å². The minimum Gasteiger partial charge on any atom is -0.302 e. The molecule has 132 valence electrons. The fourth-order valence-electron chi connectivity index (χ4n) is 2.75. The van der Waals surface area contributed by atoms with E-state index < -0.39 is 0 Å². The predicted octanol–water partition coefficient (Wildman–Crippen LogP) is 5.15. The molecule has 0 bridgehead atoms. The number of Topliss-reactive ketones (excluding diaryl/α,β-unsaturated/α-hetero) is 1. The Bertz CT molecular complexity index is 904.